The highest BCUT2D eigenvalue weighted by atomic mass is 35.5. The largest absolute Gasteiger partial charge is 0.359 e. The Morgan fingerprint density at radius 1 is 1.41 bits per heavy atom. The molecule has 2 rings (SSSR count). The molecule has 0 aliphatic heterocycles. The van der Waals surface area contributed by atoms with Crippen LogP contribution in [0.15, 0.2) is 30.3 Å². The standard InChI is InChI=1S/C13H12ClN3/c1-17(8-4-7-15)12-9-10-5-2-3-6-11(10)13(14)16-12/h2-3,5-6,9H,4,8H2,1H3. The number of fused-ring (bicyclic) bond motifs is 1. The minimum Gasteiger partial charge on any atom is -0.359 e. The molecule has 0 N–H and O–H groups in total. The maximum Gasteiger partial charge on any atom is 0.139 e. The van der Waals surface area contributed by atoms with E-state index in [1.807, 2.05) is 42.3 Å². The van der Waals surface area contributed by atoms with Crippen LogP contribution in [-0.2, 0) is 0 Å². The maximum absolute atomic E-state index is 8.57. The second-order valence-electron chi connectivity index (χ2n) is 3.82. The summed E-state index contributed by atoms with van der Waals surface area (Å²) in [6, 6.07) is 12.0. The molecule has 0 amide bonds. The second-order valence-corrected chi connectivity index (χ2v) is 4.18. The molecule has 86 valence electrons. The molecule has 1 heterocycles. The lowest BCUT2D eigenvalue weighted by Crippen LogP contribution is -2.19. The van der Waals surface area contributed by atoms with Crippen LogP contribution in [0.5, 0.6) is 0 Å². The third-order valence-electron chi connectivity index (χ3n) is 2.63. The number of benzene rings is 1. The van der Waals surface area contributed by atoms with Crippen molar-refractivity contribution < 1.29 is 0 Å². The molecule has 0 saturated carbocycles. The molecule has 1 aromatic heterocycles. The van der Waals surface area contributed by atoms with Gasteiger partial charge < -0.3 is 4.90 Å². The summed E-state index contributed by atoms with van der Waals surface area (Å²) in [5.41, 5.74) is 0. The molecule has 3 nitrogen and oxygen atoms in total. The molecule has 17 heavy (non-hydrogen) atoms. The summed E-state index contributed by atoms with van der Waals surface area (Å²) >= 11 is 6.14. The van der Waals surface area contributed by atoms with E-state index < -0.39 is 0 Å². The Bertz CT molecular complexity index is 574. The number of rotatable bonds is 3. The van der Waals surface area contributed by atoms with Gasteiger partial charge in [0, 0.05) is 19.0 Å². The van der Waals surface area contributed by atoms with Crippen LogP contribution in [0.2, 0.25) is 5.15 Å². The minimum absolute atomic E-state index is 0.475. The summed E-state index contributed by atoms with van der Waals surface area (Å²) in [6.45, 7) is 0.651. The quantitative estimate of drug-likeness (QED) is 0.780. The number of halogens is 1. The molecule has 0 atom stereocenters. The Kier molecular flexibility index (Phi) is 3.46. The summed E-state index contributed by atoms with van der Waals surface area (Å²) in [6.07, 6.45) is 0.475. The van der Waals surface area contributed by atoms with E-state index in [1.165, 1.54) is 0 Å². The van der Waals surface area contributed by atoms with E-state index in [-0.39, 0.29) is 0 Å². The lowest BCUT2D eigenvalue weighted by molar-refractivity contribution is 0.887. The molecule has 0 saturated heterocycles. The van der Waals surface area contributed by atoms with Gasteiger partial charge in [0.05, 0.1) is 12.5 Å². The molecular weight excluding hydrogens is 234 g/mol. The first-order valence-corrected chi connectivity index (χ1v) is 5.73. The molecule has 0 aliphatic carbocycles. The van der Waals surface area contributed by atoms with Gasteiger partial charge in [0.2, 0.25) is 0 Å². The zero-order chi connectivity index (χ0) is 12.3. The number of nitriles is 1. The SMILES string of the molecule is CN(CCC#N)c1cc2ccccc2c(Cl)n1. The summed E-state index contributed by atoms with van der Waals surface area (Å²) in [7, 11) is 1.91. The normalized spacial score (nSPS) is 10.2. The maximum atomic E-state index is 8.57. The Balaban J connectivity index is 2.40. The van der Waals surface area contributed by atoms with Gasteiger partial charge in [-0.25, -0.2) is 4.98 Å². The molecule has 1 aromatic carbocycles. The van der Waals surface area contributed by atoms with Crippen molar-refractivity contribution in [3.63, 3.8) is 0 Å². The number of hydrogen-bond acceptors (Lipinski definition) is 3. The van der Waals surface area contributed by atoms with Crippen molar-refractivity contribution in [2.24, 2.45) is 0 Å². The van der Waals surface area contributed by atoms with Crippen LogP contribution in [0.1, 0.15) is 6.42 Å². The number of pyridine rings is 1. The fraction of sp³-hybridized carbons (Fsp3) is 0.231. The molecule has 0 unspecified atom stereocenters. The predicted octanol–water partition coefficient (Wildman–Crippen LogP) is 3.24. The monoisotopic (exact) mass is 245 g/mol. The van der Waals surface area contributed by atoms with E-state index in [4.69, 9.17) is 16.9 Å². The average molecular weight is 246 g/mol. The zero-order valence-corrected chi connectivity index (χ0v) is 10.3. The third kappa shape index (κ3) is 2.48. The van der Waals surface area contributed by atoms with Gasteiger partial charge in [-0.2, -0.15) is 5.26 Å². The summed E-state index contributed by atoms with van der Waals surface area (Å²) in [5.74, 6) is 0.795. The van der Waals surface area contributed by atoms with Crippen LogP contribution in [-0.4, -0.2) is 18.6 Å². The average Bonchev–Trinajstić information content (AvgIpc) is 2.36. The van der Waals surface area contributed by atoms with Crippen molar-refractivity contribution in [2.45, 2.75) is 6.42 Å². The molecule has 0 fully saturated rings. The first-order chi connectivity index (χ1) is 8.22. The highest BCUT2D eigenvalue weighted by Crippen LogP contribution is 2.25. The van der Waals surface area contributed by atoms with Crippen LogP contribution in [0.4, 0.5) is 5.82 Å². The highest BCUT2D eigenvalue weighted by molar-refractivity contribution is 6.34. The van der Waals surface area contributed by atoms with Crippen LogP contribution >= 0.6 is 11.6 Å². The van der Waals surface area contributed by atoms with Gasteiger partial charge in [-0.05, 0) is 11.5 Å². The number of aromatic nitrogens is 1. The molecule has 0 spiro atoms. The first kappa shape index (κ1) is 11.7. The van der Waals surface area contributed by atoms with Gasteiger partial charge in [-0.1, -0.05) is 35.9 Å². The Morgan fingerprint density at radius 2 is 2.18 bits per heavy atom. The van der Waals surface area contributed by atoms with Gasteiger partial charge >= 0.3 is 0 Å². The Hall–Kier alpha value is -1.79. The van der Waals surface area contributed by atoms with Crippen LogP contribution in [0.3, 0.4) is 0 Å². The molecule has 4 heteroatoms. The topological polar surface area (TPSA) is 39.9 Å². The van der Waals surface area contributed by atoms with Crippen molar-refractivity contribution in [2.75, 3.05) is 18.5 Å². The van der Waals surface area contributed by atoms with Gasteiger partial charge in [0.25, 0.3) is 0 Å². The molecule has 0 bridgehead atoms. The van der Waals surface area contributed by atoms with Crippen LogP contribution < -0.4 is 4.90 Å². The molecule has 0 aliphatic rings. The van der Waals surface area contributed by atoms with E-state index in [2.05, 4.69) is 11.1 Å². The molecule has 0 radical (unpaired) electrons. The summed E-state index contributed by atoms with van der Waals surface area (Å²) < 4.78 is 0. The Labute approximate surface area is 105 Å². The van der Waals surface area contributed by atoms with Gasteiger partial charge in [0.15, 0.2) is 0 Å². The zero-order valence-electron chi connectivity index (χ0n) is 9.52. The van der Waals surface area contributed by atoms with Gasteiger partial charge in [0.1, 0.15) is 11.0 Å². The third-order valence-corrected chi connectivity index (χ3v) is 2.92. The van der Waals surface area contributed by atoms with E-state index in [0.717, 1.165) is 16.6 Å². The van der Waals surface area contributed by atoms with Crippen molar-refractivity contribution in [1.82, 2.24) is 4.98 Å². The van der Waals surface area contributed by atoms with Crippen molar-refractivity contribution in [1.29, 1.82) is 5.26 Å². The van der Waals surface area contributed by atoms with Crippen molar-refractivity contribution >= 4 is 28.2 Å². The smallest absolute Gasteiger partial charge is 0.139 e. The molecule has 2 aromatic rings. The summed E-state index contributed by atoms with van der Waals surface area (Å²) in [5, 5.41) is 11.1. The fourth-order valence-electron chi connectivity index (χ4n) is 1.67. The predicted molar refractivity (Wildman–Crippen MR) is 70.3 cm³/mol. The summed E-state index contributed by atoms with van der Waals surface area (Å²) in [4.78, 5) is 6.27. The number of nitrogens with zero attached hydrogens (tertiary/aromatic N) is 3. The van der Waals surface area contributed by atoms with E-state index >= 15 is 0 Å². The molecular formula is C13H12ClN3. The van der Waals surface area contributed by atoms with Gasteiger partial charge in [-0.15, -0.1) is 0 Å². The lowest BCUT2D eigenvalue weighted by Gasteiger charge is -2.17. The van der Waals surface area contributed by atoms with Crippen LogP contribution in [0, 0.1) is 11.3 Å². The second kappa shape index (κ2) is 5.03. The Morgan fingerprint density at radius 3 is 2.94 bits per heavy atom. The lowest BCUT2D eigenvalue weighted by atomic mass is 10.2. The van der Waals surface area contributed by atoms with E-state index in [1.54, 1.807) is 0 Å². The first-order valence-electron chi connectivity index (χ1n) is 5.36. The van der Waals surface area contributed by atoms with Gasteiger partial charge in [-0.3, -0.25) is 0 Å². The van der Waals surface area contributed by atoms with Crippen molar-refractivity contribution in [3.8, 4) is 6.07 Å². The van der Waals surface area contributed by atoms with Crippen molar-refractivity contribution in [3.05, 3.63) is 35.5 Å². The minimum atomic E-state index is 0.475. The van der Waals surface area contributed by atoms with E-state index in [9.17, 15) is 0 Å². The number of hydrogen-bond donors (Lipinski definition) is 0. The fourth-order valence-corrected chi connectivity index (χ4v) is 1.93. The van der Waals surface area contributed by atoms with E-state index in [0.29, 0.717) is 18.1 Å². The van der Waals surface area contributed by atoms with Crippen LogP contribution in [0.25, 0.3) is 10.8 Å². The highest BCUT2D eigenvalue weighted by Gasteiger charge is 2.07. The number of anilines is 1.